The van der Waals surface area contributed by atoms with Crippen LogP contribution in [0.25, 0.3) is 0 Å². The number of carbonyl (C=O) groups is 3. The predicted octanol–water partition coefficient (Wildman–Crippen LogP) is -0.101. The summed E-state index contributed by atoms with van der Waals surface area (Å²) in [6, 6.07) is -0.332. The summed E-state index contributed by atoms with van der Waals surface area (Å²) in [5.41, 5.74) is 4.91. The molecular weight excluding hydrogens is 250 g/mol. The van der Waals surface area contributed by atoms with Crippen molar-refractivity contribution in [2.24, 2.45) is 11.7 Å². The van der Waals surface area contributed by atoms with Gasteiger partial charge >= 0.3 is 12.0 Å². The van der Waals surface area contributed by atoms with E-state index < -0.39 is 12.0 Å². The van der Waals surface area contributed by atoms with Crippen molar-refractivity contribution in [1.82, 2.24) is 10.2 Å². The van der Waals surface area contributed by atoms with Crippen molar-refractivity contribution < 1.29 is 19.5 Å². The molecule has 7 heteroatoms. The lowest BCUT2D eigenvalue weighted by molar-refractivity contribution is -0.139. The summed E-state index contributed by atoms with van der Waals surface area (Å²) in [6.07, 6.45) is 3.81. The first-order chi connectivity index (χ1) is 8.95. The Bertz CT molecular complexity index is 384. The van der Waals surface area contributed by atoms with Crippen LogP contribution in [0.5, 0.6) is 0 Å². The Hall–Kier alpha value is -1.63. The number of urea groups is 1. The molecule has 19 heavy (non-hydrogen) atoms. The van der Waals surface area contributed by atoms with Gasteiger partial charge in [0.2, 0.25) is 5.91 Å². The molecule has 0 radical (unpaired) electrons. The highest BCUT2D eigenvalue weighted by Gasteiger charge is 2.41. The lowest BCUT2D eigenvalue weighted by atomic mass is 9.88. The van der Waals surface area contributed by atoms with E-state index >= 15 is 0 Å². The molecule has 0 aromatic heterocycles. The van der Waals surface area contributed by atoms with Crippen LogP contribution in [0.1, 0.15) is 32.1 Å². The van der Waals surface area contributed by atoms with Gasteiger partial charge in [-0.2, -0.15) is 0 Å². The van der Waals surface area contributed by atoms with Crippen LogP contribution in [0.15, 0.2) is 0 Å². The van der Waals surface area contributed by atoms with E-state index in [1.54, 1.807) is 0 Å². The maximum atomic E-state index is 11.6. The lowest BCUT2D eigenvalue weighted by Gasteiger charge is -2.37. The number of amides is 3. The average molecular weight is 269 g/mol. The van der Waals surface area contributed by atoms with E-state index in [1.165, 1.54) is 0 Å². The van der Waals surface area contributed by atoms with Crippen LogP contribution in [-0.2, 0) is 9.59 Å². The van der Waals surface area contributed by atoms with Crippen LogP contribution in [-0.4, -0.2) is 46.5 Å². The van der Waals surface area contributed by atoms with Gasteiger partial charge in [0.25, 0.3) is 0 Å². The first kappa shape index (κ1) is 13.8. The molecule has 3 amide bonds. The normalized spacial score (nSPS) is 30.0. The number of hydrogen-bond donors (Lipinski definition) is 3. The average Bonchev–Trinajstić information content (AvgIpc) is 2.52. The van der Waals surface area contributed by atoms with Gasteiger partial charge < -0.3 is 10.8 Å². The van der Waals surface area contributed by atoms with Gasteiger partial charge in [-0.15, -0.1) is 0 Å². The SMILES string of the molecule is NC(=O)NC(=O)CN1C2CCC1CC(CC(=O)O)C2. The third kappa shape index (κ3) is 3.44. The number of rotatable bonds is 4. The van der Waals surface area contributed by atoms with Gasteiger partial charge in [-0.05, 0) is 31.6 Å². The molecule has 0 spiro atoms. The smallest absolute Gasteiger partial charge is 0.318 e. The molecule has 4 N–H and O–H groups in total. The zero-order valence-corrected chi connectivity index (χ0v) is 10.7. The van der Waals surface area contributed by atoms with Gasteiger partial charge in [0.05, 0.1) is 6.54 Å². The number of fused-ring (bicyclic) bond motifs is 2. The summed E-state index contributed by atoms with van der Waals surface area (Å²) in [4.78, 5) is 35.0. The molecule has 2 atom stereocenters. The molecule has 2 fully saturated rings. The molecule has 2 heterocycles. The van der Waals surface area contributed by atoms with E-state index in [0.717, 1.165) is 25.7 Å². The highest BCUT2D eigenvalue weighted by Crippen LogP contribution is 2.39. The highest BCUT2D eigenvalue weighted by atomic mass is 16.4. The Kier molecular flexibility index (Phi) is 4.04. The van der Waals surface area contributed by atoms with Crippen molar-refractivity contribution in [1.29, 1.82) is 0 Å². The lowest BCUT2D eigenvalue weighted by Crippen LogP contribution is -2.49. The van der Waals surface area contributed by atoms with E-state index in [2.05, 4.69) is 10.2 Å². The Morgan fingerprint density at radius 3 is 2.26 bits per heavy atom. The van der Waals surface area contributed by atoms with E-state index in [9.17, 15) is 14.4 Å². The number of nitrogens with zero attached hydrogens (tertiary/aromatic N) is 1. The van der Waals surface area contributed by atoms with E-state index in [-0.39, 0.29) is 36.9 Å². The van der Waals surface area contributed by atoms with Gasteiger partial charge in [0.1, 0.15) is 0 Å². The van der Waals surface area contributed by atoms with Crippen LogP contribution in [0.4, 0.5) is 4.79 Å². The van der Waals surface area contributed by atoms with E-state index in [0.29, 0.717) is 0 Å². The number of nitrogens with one attached hydrogen (secondary N) is 1. The molecule has 2 saturated heterocycles. The molecule has 106 valence electrons. The van der Waals surface area contributed by atoms with Crippen molar-refractivity contribution in [2.75, 3.05) is 6.54 Å². The fourth-order valence-electron chi connectivity index (χ4n) is 3.40. The number of carboxylic acids is 1. The molecule has 0 saturated carbocycles. The summed E-state index contributed by atoms with van der Waals surface area (Å²) in [6.45, 7) is 0.165. The Morgan fingerprint density at radius 2 is 1.79 bits per heavy atom. The quantitative estimate of drug-likeness (QED) is 0.659. The minimum absolute atomic E-state index is 0.165. The van der Waals surface area contributed by atoms with Crippen molar-refractivity contribution in [3.8, 4) is 0 Å². The summed E-state index contributed by atoms with van der Waals surface area (Å²) >= 11 is 0. The predicted molar refractivity (Wildman–Crippen MR) is 66.2 cm³/mol. The van der Waals surface area contributed by atoms with Gasteiger partial charge in [-0.25, -0.2) is 4.79 Å². The summed E-state index contributed by atoms with van der Waals surface area (Å²) in [5, 5.41) is 10.9. The van der Waals surface area contributed by atoms with Crippen molar-refractivity contribution in [2.45, 2.75) is 44.2 Å². The zero-order chi connectivity index (χ0) is 14.0. The zero-order valence-electron chi connectivity index (χ0n) is 10.7. The maximum Gasteiger partial charge on any atom is 0.318 e. The maximum absolute atomic E-state index is 11.6. The van der Waals surface area contributed by atoms with Gasteiger partial charge in [-0.1, -0.05) is 0 Å². The number of carbonyl (C=O) groups excluding carboxylic acids is 2. The Morgan fingerprint density at radius 1 is 1.21 bits per heavy atom. The molecule has 0 aromatic rings. The molecule has 0 aliphatic carbocycles. The number of hydrogen-bond acceptors (Lipinski definition) is 4. The van der Waals surface area contributed by atoms with Crippen LogP contribution in [0.2, 0.25) is 0 Å². The second-order valence-electron chi connectivity index (χ2n) is 5.41. The number of carboxylic acid groups (broad SMARTS) is 1. The minimum Gasteiger partial charge on any atom is -0.481 e. The molecule has 0 aromatic carbocycles. The van der Waals surface area contributed by atoms with Crippen molar-refractivity contribution in [3.63, 3.8) is 0 Å². The first-order valence-electron chi connectivity index (χ1n) is 6.52. The standard InChI is InChI=1S/C12H19N3O4/c13-12(19)14-10(16)6-15-8-1-2-9(15)4-7(3-8)5-11(17)18/h7-9H,1-6H2,(H,17,18)(H3,13,14,16,19). The molecule has 2 unspecified atom stereocenters. The van der Waals surface area contributed by atoms with Crippen molar-refractivity contribution >= 4 is 17.9 Å². The number of piperidine rings is 1. The Labute approximate surface area is 111 Å². The summed E-state index contributed by atoms with van der Waals surface area (Å²) < 4.78 is 0. The molecule has 2 aliphatic rings. The Balaban J connectivity index is 1.90. The fourth-order valence-corrected chi connectivity index (χ4v) is 3.40. The van der Waals surface area contributed by atoms with Crippen LogP contribution >= 0.6 is 0 Å². The van der Waals surface area contributed by atoms with Gasteiger partial charge in [0, 0.05) is 18.5 Å². The number of imide groups is 1. The fraction of sp³-hybridized carbons (Fsp3) is 0.750. The largest absolute Gasteiger partial charge is 0.481 e. The molecule has 7 nitrogen and oxygen atoms in total. The third-order valence-electron chi connectivity index (χ3n) is 4.03. The summed E-state index contributed by atoms with van der Waals surface area (Å²) in [5.74, 6) is -0.948. The number of primary amides is 1. The third-order valence-corrected chi connectivity index (χ3v) is 4.03. The molecule has 2 bridgehead atoms. The van der Waals surface area contributed by atoms with E-state index in [4.69, 9.17) is 10.8 Å². The number of aliphatic carboxylic acids is 1. The topological polar surface area (TPSA) is 113 Å². The highest BCUT2D eigenvalue weighted by molar-refractivity contribution is 5.94. The van der Waals surface area contributed by atoms with Crippen LogP contribution < -0.4 is 11.1 Å². The first-order valence-corrected chi connectivity index (χ1v) is 6.52. The minimum atomic E-state index is -0.835. The molecular formula is C12H19N3O4. The molecule has 2 rings (SSSR count). The van der Waals surface area contributed by atoms with Crippen molar-refractivity contribution in [3.05, 3.63) is 0 Å². The van der Waals surface area contributed by atoms with Gasteiger partial charge in [0.15, 0.2) is 0 Å². The number of nitrogens with two attached hydrogens (primary N) is 1. The second kappa shape index (κ2) is 5.56. The van der Waals surface area contributed by atoms with Gasteiger partial charge in [-0.3, -0.25) is 19.8 Å². The van der Waals surface area contributed by atoms with Crippen LogP contribution in [0, 0.1) is 5.92 Å². The van der Waals surface area contributed by atoms with Crippen LogP contribution in [0.3, 0.4) is 0 Å². The monoisotopic (exact) mass is 269 g/mol. The van der Waals surface area contributed by atoms with E-state index in [1.807, 2.05) is 0 Å². The summed E-state index contributed by atoms with van der Waals surface area (Å²) in [7, 11) is 0. The second-order valence-corrected chi connectivity index (χ2v) is 5.41. The molecule has 2 aliphatic heterocycles.